The minimum atomic E-state index is -0.726. The van der Waals surface area contributed by atoms with Gasteiger partial charge in [-0.25, -0.2) is 4.79 Å². The molecule has 3 nitrogen and oxygen atoms in total. The third-order valence-corrected chi connectivity index (χ3v) is 1.51. The van der Waals surface area contributed by atoms with E-state index in [0.717, 1.165) is 12.8 Å². The first kappa shape index (κ1) is 14.4. The largest absolute Gasteiger partial charge is 0.510 e. The van der Waals surface area contributed by atoms with Crippen molar-refractivity contribution >= 4 is 6.16 Å². The van der Waals surface area contributed by atoms with Crippen molar-refractivity contribution in [3.63, 3.8) is 0 Å². The highest BCUT2D eigenvalue weighted by Crippen LogP contribution is 1.97. The molecule has 0 aromatic rings. The van der Waals surface area contributed by atoms with Gasteiger partial charge in [0.15, 0.2) is 12.2 Å². The summed E-state index contributed by atoms with van der Waals surface area (Å²) in [4.78, 5) is 11.2. The van der Waals surface area contributed by atoms with Crippen LogP contribution in [0.3, 0.4) is 0 Å². The van der Waals surface area contributed by atoms with Crippen LogP contribution in [0.15, 0.2) is 0 Å². The minimum absolute atomic E-state index is 0.446. The fraction of sp³-hybridized carbons (Fsp3) is 0.615. The lowest BCUT2D eigenvalue weighted by Crippen LogP contribution is -2.18. The molecule has 0 aromatic heterocycles. The van der Waals surface area contributed by atoms with Gasteiger partial charge in [-0.1, -0.05) is 37.5 Å². The normalized spacial score (nSPS) is 12.2. The Morgan fingerprint density at radius 2 is 1.38 bits per heavy atom. The summed E-state index contributed by atoms with van der Waals surface area (Å²) in [6, 6.07) is 0. The number of rotatable bonds is 2. The molecule has 0 bridgehead atoms. The molecule has 0 aliphatic rings. The molecule has 0 N–H and O–H groups in total. The number of hydrogen-bond acceptors (Lipinski definition) is 3. The van der Waals surface area contributed by atoms with E-state index in [1.54, 1.807) is 13.8 Å². The summed E-state index contributed by atoms with van der Waals surface area (Å²) in [6.45, 7) is 7.26. The second-order valence-corrected chi connectivity index (χ2v) is 3.12. The Morgan fingerprint density at radius 3 is 1.69 bits per heavy atom. The van der Waals surface area contributed by atoms with Gasteiger partial charge >= 0.3 is 6.16 Å². The van der Waals surface area contributed by atoms with E-state index in [1.165, 1.54) is 0 Å². The lowest BCUT2D eigenvalue weighted by molar-refractivity contribution is 0.0338. The lowest BCUT2D eigenvalue weighted by Gasteiger charge is -2.09. The molecule has 0 spiro atoms. The highest BCUT2D eigenvalue weighted by atomic mass is 16.7. The van der Waals surface area contributed by atoms with Gasteiger partial charge in [0.05, 0.1) is 0 Å². The van der Waals surface area contributed by atoms with Gasteiger partial charge in [-0.2, -0.15) is 0 Å². The predicted octanol–water partition coefficient (Wildman–Crippen LogP) is 2.74. The van der Waals surface area contributed by atoms with E-state index in [4.69, 9.17) is 9.47 Å². The Balaban J connectivity index is 3.98. The van der Waals surface area contributed by atoms with Crippen LogP contribution in [0.2, 0.25) is 0 Å². The van der Waals surface area contributed by atoms with Crippen LogP contribution in [-0.2, 0) is 9.47 Å². The quantitative estimate of drug-likeness (QED) is 0.532. The molecule has 0 fully saturated rings. The molecule has 0 aliphatic carbocycles. The van der Waals surface area contributed by atoms with Gasteiger partial charge in [-0.05, 0) is 13.8 Å². The van der Waals surface area contributed by atoms with Gasteiger partial charge in [0.25, 0.3) is 0 Å². The molecule has 0 radical (unpaired) electrons. The van der Waals surface area contributed by atoms with Gasteiger partial charge in [0, 0.05) is 12.8 Å². The zero-order valence-electron chi connectivity index (χ0n) is 10.3. The minimum Gasteiger partial charge on any atom is -0.418 e. The van der Waals surface area contributed by atoms with Gasteiger partial charge < -0.3 is 9.47 Å². The second-order valence-electron chi connectivity index (χ2n) is 3.12. The zero-order valence-corrected chi connectivity index (χ0v) is 10.3. The topological polar surface area (TPSA) is 35.5 Å². The van der Waals surface area contributed by atoms with E-state index < -0.39 is 18.4 Å². The fourth-order valence-corrected chi connectivity index (χ4v) is 0.867. The van der Waals surface area contributed by atoms with E-state index >= 15 is 0 Å². The second kappa shape index (κ2) is 8.68. The van der Waals surface area contributed by atoms with E-state index in [2.05, 4.69) is 23.7 Å². The summed E-state index contributed by atoms with van der Waals surface area (Å²) in [7, 11) is 0. The SMILES string of the molecule is CCC#CC(C)OC(=O)OC(C)C#CCC. The highest BCUT2D eigenvalue weighted by Gasteiger charge is 2.10. The van der Waals surface area contributed by atoms with E-state index in [0.29, 0.717) is 0 Å². The van der Waals surface area contributed by atoms with Crippen molar-refractivity contribution in [3.8, 4) is 23.7 Å². The molecule has 0 saturated heterocycles. The summed E-state index contributed by atoms with van der Waals surface area (Å²) in [5.74, 6) is 11.2. The number of carbonyl (C=O) groups is 1. The maximum atomic E-state index is 11.2. The molecule has 2 unspecified atom stereocenters. The first-order chi connectivity index (χ1) is 7.60. The Kier molecular flexibility index (Phi) is 7.81. The molecule has 2 atom stereocenters. The van der Waals surface area contributed by atoms with Gasteiger partial charge in [-0.3, -0.25) is 0 Å². The van der Waals surface area contributed by atoms with Gasteiger partial charge in [0.2, 0.25) is 0 Å². The summed E-state index contributed by atoms with van der Waals surface area (Å²) in [5.41, 5.74) is 0. The average molecular weight is 222 g/mol. The average Bonchev–Trinajstić information content (AvgIpc) is 2.23. The van der Waals surface area contributed by atoms with Crippen LogP contribution in [-0.4, -0.2) is 18.4 Å². The van der Waals surface area contributed by atoms with Gasteiger partial charge in [0.1, 0.15) is 0 Å². The number of carbonyl (C=O) groups excluding carboxylic acids is 1. The van der Waals surface area contributed by atoms with Crippen LogP contribution in [0.1, 0.15) is 40.5 Å². The van der Waals surface area contributed by atoms with Crippen molar-refractivity contribution < 1.29 is 14.3 Å². The molecule has 16 heavy (non-hydrogen) atoms. The molecular formula is C13H18O3. The summed E-state index contributed by atoms with van der Waals surface area (Å²) in [6.07, 6.45) is -0.143. The first-order valence-electron chi connectivity index (χ1n) is 5.44. The van der Waals surface area contributed by atoms with Crippen molar-refractivity contribution in [2.75, 3.05) is 0 Å². The van der Waals surface area contributed by atoms with Crippen molar-refractivity contribution in [2.24, 2.45) is 0 Å². The fourth-order valence-electron chi connectivity index (χ4n) is 0.867. The molecule has 88 valence electrons. The molecule has 0 saturated carbocycles. The highest BCUT2D eigenvalue weighted by molar-refractivity contribution is 5.61. The van der Waals surface area contributed by atoms with Crippen LogP contribution < -0.4 is 0 Å². The third kappa shape index (κ3) is 7.76. The summed E-state index contributed by atoms with van der Waals surface area (Å²) >= 11 is 0. The summed E-state index contributed by atoms with van der Waals surface area (Å²) < 4.78 is 9.80. The third-order valence-electron chi connectivity index (χ3n) is 1.51. The Morgan fingerprint density at radius 1 is 1.00 bits per heavy atom. The van der Waals surface area contributed by atoms with Crippen LogP contribution in [0.4, 0.5) is 4.79 Å². The van der Waals surface area contributed by atoms with Crippen LogP contribution in [0.5, 0.6) is 0 Å². The van der Waals surface area contributed by atoms with Crippen LogP contribution in [0.25, 0.3) is 0 Å². The predicted molar refractivity (Wildman–Crippen MR) is 62.6 cm³/mol. The molecule has 0 amide bonds. The van der Waals surface area contributed by atoms with Gasteiger partial charge in [-0.15, -0.1) is 0 Å². The monoisotopic (exact) mass is 222 g/mol. The Labute approximate surface area is 97.5 Å². The molecular weight excluding hydrogens is 204 g/mol. The van der Waals surface area contributed by atoms with Crippen molar-refractivity contribution in [3.05, 3.63) is 0 Å². The Hall–Kier alpha value is -1.61. The zero-order chi connectivity index (χ0) is 12.4. The Bertz CT molecular complexity index is 293. The van der Waals surface area contributed by atoms with Crippen LogP contribution >= 0.6 is 0 Å². The van der Waals surface area contributed by atoms with Crippen molar-refractivity contribution in [2.45, 2.75) is 52.7 Å². The lowest BCUT2D eigenvalue weighted by atomic mass is 10.3. The molecule has 3 heteroatoms. The van der Waals surface area contributed by atoms with E-state index in [-0.39, 0.29) is 0 Å². The van der Waals surface area contributed by atoms with Crippen LogP contribution in [0, 0.1) is 23.7 Å². The number of ether oxygens (including phenoxy) is 2. The number of hydrogen-bond donors (Lipinski definition) is 0. The molecule has 0 rings (SSSR count). The molecule has 0 heterocycles. The van der Waals surface area contributed by atoms with Crippen molar-refractivity contribution in [1.29, 1.82) is 0 Å². The first-order valence-corrected chi connectivity index (χ1v) is 5.44. The maximum Gasteiger partial charge on any atom is 0.510 e. The van der Waals surface area contributed by atoms with E-state index in [9.17, 15) is 4.79 Å². The smallest absolute Gasteiger partial charge is 0.418 e. The molecule has 0 aliphatic heterocycles. The standard InChI is InChI=1S/C13H18O3/c1-5-7-9-11(3)15-13(14)16-12(4)10-8-6-2/h11-12H,5-6H2,1-4H3. The van der Waals surface area contributed by atoms with Crippen molar-refractivity contribution in [1.82, 2.24) is 0 Å². The summed E-state index contributed by atoms with van der Waals surface area (Å²) in [5, 5.41) is 0. The van der Waals surface area contributed by atoms with E-state index in [1.807, 2.05) is 13.8 Å². The maximum absolute atomic E-state index is 11.2. The molecule has 0 aromatic carbocycles.